The second kappa shape index (κ2) is 9.49. The molecule has 0 spiro atoms. The predicted octanol–water partition coefficient (Wildman–Crippen LogP) is 1.08. The first-order valence-electron chi connectivity index (χ1n) is 7.09. The van der Waals surface area contributed by atoms with Gasteiger partial charge in [-0.15, -0.1) is 10.2 Å². The van der Waals surface area contributed by atoms with E-state index in [0.29, 0.717) is 0 Å². The SMILES string of the molecule is CCCCCNC(=O)C(N)CCCCn1cnnc1. The maximum Gasteiger partial charge on any atom is 0.236 e. The minimum atomic E-state index is -0.387. The van der Waals surface area contributed by atoms with Gasteiger partial charge in [-0.25, -0.2) is 0 Å². The van der Waals surface area contributed by atoms with Crippen molar-refractivity contribution < 1.29 is 4.79 Å². The number of carbonyl (C=O) groups is 1. The van der Waals surface area contributed by atoms with Gasteiger partial charge in [-0.05, 0) is 25.7 Å². The maximum absolute atomic E-state index is 11.7. The number of aryl methyl sites for hydroxylation is 1. The summed E-state index contributed by atoms with van der Waals surface area (Å²) in [6.45, 7) is 3.75. The molecule has 0 aliphatic heterocycles. The van der Waals surface area contributed by atoms with E-state index < -0.39 is 0 Å². The molecule has 6 nitrogen and oxygen atoms in total. The summed E-state index contributed by atoms with van der Waals surface area (Å²) >= 11 is 0. The van der Waals surface area contributed by atoms with Crippen LogP contribution in [0.15, 0.2) is 12.7 Å². The summed E-state index contributed by atoms with van der Waals surface area (Å²) in [4.78, 5) is 11.7. The van der Waals surface area contributed by atoms with Crippen LogP contribution in [0, 0.1) is 0 Å². The van der Waals surface area contributed by atoms with Crippen molar-refractivity contribution in [3.05, 3.63) is 12.7 Å². The van der Waals surface area contributed by atoms with Crippen molar-refractivity contribution in [2.24, 2.45) is 5.73 Å². The highest BCUT2D eigenvalue weighted by Crippen LogP contribution is 2.02. The maximum atomic E-state index is 11.7. The fourth-order valence-corrected chi connectivity index (χ4v) is 1.84. The van der Waals surface area contributed by atoms with E-state index >= 15 is 0 Å². The Hall–Kier alpha value is -1.43. The summed E-state index contributed by atoms with van der Waals surface area (Å²) in [5.74, 6) is -0.0274. The van der Waals surface area contributed by atoms with Gasteiger partial charge in [0.1, 0.15) is 12.7 Å². The van der Waals surface area contributed by atoms with Gasteiger partial charge >= 0.3 is 0 Å². The standard InChI is InChI=1S/C13H25N5O/c1-2-3-5-8-15-13(19)12(14)7-4-6-9-18-10-16-17-11-18/h10-12H,2-9,14H2,1H3,(H,15,19). The molecule has 1 aromatic rings. The van der Waals surface area contributed by atoms with E-state index in [1.165, 1.54) is 0 Å². The van der Waals surface area contributed by atoms with Crippen molar-refractivity contribution in [1.29, 1.82) is 0 Å². The molecule has 0 aliphatic carbocycles. The lowest BCUT2D eigenvalue weighted by atomic mass is 10.1. The van der Waals surface area contributed by atoms with Gasteiger partial charge in [0.2, 0.25) is 5.91 Å². The van der Waals surface area contributed by atoms with Crippen molar-refractivity contribution in [2.45, 2.75) is 58.0 Å². The number of nitrogens with two attached hydrogens (primary N) is 1. The van der Waals surface area contributed by atoms with Gasteiger partial charge in [0.15, 0.2) is 0 Å². The van der Waals surface area contributed by atoms with Gasteiger partial charge in [-0.3, -0.25) is 4.79 Å². The highest BCUT2D eigenvalue weighted by atomic mass is 16.2. The Morgan fingerprint density at radius 3 is 2.68 bits per heavy atom. The molecule has 0 saturated carbocycles. The average Bonchev–Trinajstić information content (AvgIpc) is 2.92. The Balaban J connectivity index is 2.02. The second-order valence-corrected chi connectivity index (χ2v) is 4.80. The Labute approximate surface area is 114 Å². The third kappa shape index (κ3) is 6.91. The van der Waals surface area contributed by atoms with Crippen LogP contribution in [0.1, 0.15) is 45.4 Å². The first kappa shape index (κ1) is 15.6. The van der Waals surface area contributed by atoms with E-state index in [2.05, 4.69) is 22.4 Å². The van der Waals surface area contributed by atoms with Crippen molar-refractivity contribution in [3.63, 3.8) is 0 Å². The van der Waals surface area contributed by atoms with E-state index in [-0.39, 0.29) is 11.9 Å². The van der Waals surface area contributed by atoms with Crippen molar-refractivity contribution in [3.8, 4) is 0 Å². The minimum absolute atomic E-state index is 0.0274. The number of nitrogens with one attached hydrogen (secondary N) is 1. The molecule has 0 saturated heterocycles. The number of carbonyl (C=O) groups excluding carboxylic acids is 1. The van der Waals surface area contributed by atoms with E-state index in [4.69, 9.17) is 5.73 Å². The summed E-state index contributed by atoms with van der Waals surface area (Å²) in [5.41, 5.74) is 5.85. The third-order valence-corrected chi connectivity index (χ3v) is 3.06. The topological polar surface area (TPSA) is 85.8 Å². The van der Waals surface area contributed by atoms with Gasteiger partial charge in [0.25, 0.3) is 0 Å². The highest BCUT2D eigenvalue weighted by Gasteiger charge is 2.11. The molecule has 1 rings (SSSR count). The number of aromatic nitrogens is 3. The zero-order chi connectivity index (χ0) is 13.9. The van der Waals surface area contributed by atoms with Gasteiger partial charge in [-0.2, -0.15) is 0 Å². The average molecular weight is 267 g/mol. The number of hydrogen-bond donors (Lipinski definition) is 2. The van der Waals surface area contributed by atoms with Crippen LogP contribution in [-0.4, -0.2) is 33.3 Å². The normalized spacial score (nSPS) is 12.3. The zero-order valence-electron chi connectivity index (χ0n) is 11.7. The summed E-state index contributed by atoms with van der Waals surface area (Å²) in [7, 11) is 0. The molecular formula is C13H25N5O. The number of rotatable bonds is 10. The van der Waals surface area contributed by atoms with E-state index in [1.54, 1.807) is 12.7 Å². The van der Waals surface area contributed by atoms with E-state index in [0.717, 1.165) is 51.6 Å². The first-order chi connectivity index (χ1) is 9.24. The van der Waals surface area contributed by atoms with E-state index in [9.17, 15) is 4.79 Å². The highest BCUT2D eigenvalue weighted by molar-refractivity contribution is 5.81. The minimum Gasteiger partial charge on any atom is -0.355 e. The van der Waals surface area contributed by atoms with Crippen LogP contribution < -0.4 is 11.1 Å². The molecule has 0 aromatic carbocycles. The van der Waals surface area contributed by atoms with Crippen LogP contribution in [0.4, 0.5) is 0 Å². The van der Waals surface area contributed by atoms with Crippen LogP contribution in [-0.2, 0) is 11.3 Å². The summed E-state index contributed by atoms with van der Waals surface area (Å²) in [6, 6.07) is -0.387. The molecule has 1 aromatic heterocycles. The molecule has 19 heavy (non-hydrogen) atoms. The number of hydrogen-bond acceptors (Lipinski definition) is 4. The van der Waals surface area contributed by atoms with Crippen LogP contribution >= 0.6 is 0 Å². The molecule has 3 N–H and O–H groups in total. The van der Waals surface area contributed by atoms with Crippen LogP contribution in [0.2, 0.25) is 0 Å². The lowest BCUT2D eigenvalue weighted by molar-refractivity contribution is -0.122. The Bertz CT molecular complexity index is 339. The molecule has 1 unspecified atom stereocenters. The molecule has 1 heterocycles. The molecule has 108 valence electrons. The van der Waals surface area contributed by atoms with Gasteiger partial charge < -0.3 is 15.6 Å². The lowest BCUT2D eigenvalue weighted by Crippen LogP contribution is -2.40. The molecular weight excluding hydrogens is 242 g/mol. The summed E-state index contributed by atoms with van der Waals surface area (Å²) < 4.78 is 1.93. The van der Waals surface area contributed by atoms with Crippen molar-refractivity contribution in [2.75, 3.05) is 6.54 Å². The monoisotopic (exact) mass is 267 g/mol. The third-order valence-electron chi connectivity index (χ3n) is 3.06. The van der Waals surface area contributed by atoms with Crippen LogP contribution in [0.25, 0.3) is 0 Å². The number of unbranched alkanes of at least 4 members (excludes halogenated alkanes) is 3. The summed E-state index contributed by atoms with van der Waals surface area (Å²) in [6.07, 6.45) is 9.36. The Morgan fingerprint density at radius 2 is 2.00 bits per heavy atom. The second-order valence-electron chi connectivity index (χ2n) is 4.80. The quantitative estimate of drug-likeness (QED) is 0.621. The summed E-state index contributed by atoms with van der Waals surface area (Å²) in [5, 5.41) is 10.4. The lowest BCUT2D eigenvalue weighted by Gasteiger charge is -2.12. The zero-order valence-corrected chi connectivity index (χ0v) is 11.7. The molecule has 0 aliphatic rings. The first-order valence-corrected chi connectivity index (χ1v) is 7.09. The molecule has 0 bridgehead atoms. The fourth-order valence-electron chi connectivity index (χ4n) is 1.84. The fraction of sp³-hybridized carbons (Fsp3) is 0.769. The van der Waals surface area contributed by atoms with E-state index in [1.807, 2.05) is 4.57 Å². The molecule has 1 atom stereocenters. The molecule has 0 fully saturated rings. The van der Waals surface area contributed by atoms with Crippen molar-refractivity contribution >= 4 is 5.91 Å². The number of amides is 1. The van der Waals surface area contributed by atoms with Crippen molar-refractivity contribution in [1.82, 2.24) is 20.1 Å². The smallest absolute Gasteiger partial charge is 0.236 e. The Kier molecular flexibility index (Phi) is 7.81. The molecule has 1 amide bonds. The molecule has 6 heteroatoms. The van der Waals surface area contributed by atoms with Gasteiger partial charge in [0, 0.05) is 13.1 Å². The Morgan fingerprint density at radius 1 is 1.26 bits per heavy atom. The molecule has 0 radical (unpaired) electrons. The largest absolute Gasteiger partial charge is 0.355 e. The van der Waals surface area contributed by atoms with Crippen LogP contribution in [0.3, 0.4) is 0 Å². The number of nitrogens with zero attached hydrogens (tertiary/aromatic N) is 3. The van der Waals surface area contributed by atoms with Gasteiger partial charge in [0.05, 0.1) is 6.04 Å². The van der Waals surface area contributed by atoms with Gasteiger partial charge in [-0.1, -0.05) is 19.8 Å². The predicted molar refractivity (Wildman–Crippen MR) is 74.4 cm³/mol. The van der Waals surface area contributed by atoms with Crippen LogP contribution in [0.5, 0.6) is 0 Å².